The first-order valence-electron chi connectivity index (χ1n) is 8.51. The van der Waals surface area contributed by atoms with Crippen molar-refractivity contribution in [3.05, 3.63) is 38.4 Å². The molecule has 0 aliphatic carbocycles. The quantitative estimate of drug-likeness (QED) is 0.459. The third kappa shape index (κ3) is 3.88. The molecular formula is C17H23N5O5. The highest BCUT2D eigenvalue weighted by Crippen LogP contribution is 2.42. The molecule has 1 aliphatic heterocycles. The molecule has 10 nitrogen and oxygen atoms in total. The molecule has 1 N–H and O–H groups in total. The van der Waals surface area contributed by atoms with Gasteiger partial charge >= 0.3 is 5.69 Å². The molecule has 10 heteroatoms. The summed E-state index contributed by atoms with van der Waals surface area (Å²) in [5, 5.41) is 26.1. The molecule has 1 aliphatic rings. The molecule has 0 spiro atoms. The number of nitrogens with zero attached hydrogens (tertiary/aromatic N) is 4. The summed E-state index contributed by atoms with van der Waals surface area (Å²) in [4.78, 5) is 34.4. The zero-order chi connectivity index (χ0) is 20.4. The molecule has 1 amide bonds. The molecule has 1 aromatic rings. The fraction of sp³-hybridized carbons (Fsp3) is 0.529. The Morgan fingerprint density at radius 3 is 2.56 bits per heavy atom. The lowest BCUT2D eigenvalue weighted by Crippen LogP contribution is -2.54. The lowest BCUT2D eigenvalue weighted by Gasteiger charge is -2.45. The molecule has 0 saturated carbocycles. The minimum absolute atomic E-state index is 0.00422. The van der Waals surface area contributed by atoms with Crippen LogP contribution in [-0.2, 0) is 4.79 Å². The van der Waals surface area contributed by atoms with Crippen molar-refractivity contribution in [3.8, 4) is 0 Å². The maximum Gasteiger partial charge on any atom is 0.301 e. The summed E-state index contributed by atoms with van der Waals surface area (Å²) in [5.74, 6) is -0.00422. The average molecular weight is 377 g/mol. The van der Waals surface area contributed by atoms with Crippen LogP contribution in [0.1, 0.15) is 40.5 Å². The molecule has 2 rings (SSSR count). The molecule has 1 fully saturated rings. The highest BCUT2D eigenvalue weighted by Gasteiger charge is 2.48. The number of non-ortho nitro benzene ring substituents is 1. The number of hydrogen-bond donors (Lipinski definition) is 1. The van der Waals surface area contributed by atoms with Crippen LogP contribution in [0.25, 0.3) is 0 Å². The van der Waals surface area contributed by atoms with Crippen LogP contribution in [0.3, 0.4) is 0 Å². The van der Waals surface area contributed by atoms with Crippen LogP contribution in [0.15, 0.2) is 23.3 Å². The van der Waals surface area contributed by atoms with E-state index >= 15 is 0 Å². The number of nitro groups is 2. The van der Waals surface area contributed by atoms with Gasteiger partial charge in [-0.25, -0.2) is 0 Å². The van der Waals surface area contributed by atoms with Gasteiger partial charge in [-0.2, -0.15) is 5.10 Å². The Hall–Kier alpha value is -3.04. The van der Waals surface area contributed by atoms with Crippen molar-refractivity contribution < 1.29 is 14.6 Å². The first-order valence-corrected chi connectivity index (χ1v) is 8.51. The van der Waals surface area contributed by atoms with E-state index in [4.69, 9.17) is 0 Å². The van der Waals surface area contributed by atoms with Crippen molar-refractivity contribution >= 4 is 29.2 Å². The van der Waals surface area contributed by atoms with Crippen molar-refractivity contribution in [2.75, 3.05) is 12.0 Å². The Morgan fingerprint density at radius 2 is 2.00 bits per heavy atom. The summed E-state index contributed by atoms with van der Waals surface area (Å²) < 4.78 is 0. The normalized spacial score (nSPS) is 20.1. The van der Waals surface area contributed by atoms with Crippen molar-refractivity contribution in [2.24, 2.45) is 10.5 Å². The lowest BCUT2D eigenvalue weighted by atomic mass is 9.72. The number of anilines is 1. The molecule has 1 saturated heterocycles. The van der Waals surface area contributed by atoms with Crippen molar-refractivity contribution in [2.45, 2.75) is 46.1 Å². The van der Waals surface area contributed by atoms with Crippen LogP contribution in [0.4, 0.5) is 17.1 Å². The van der Waals surface area contributed by atoms with Gasteiger partial charge in [0.25, 0.3) is 5.69 Å². The minimum Gasteiger partial charge on any atom is -0.337 e. The second-order valence-electron chi connectivity index (χ2n) is 7.36. The molecule has 1 unspecified atom stereocenters. The number of amides is 1. The molecule has 0 radical (unpaired) electrons. The van der Waals surface area contributed by atoms with E-state index in [9.17, 15) is 25.0 Å². The molecule has 0 aromatic heterocycles. The van der Waals surface area contributed by atoms with Crippen LogP contribution in [0.5, 0.6) is 0 Å². The summed E-state index contributed by atoms with van der Waals surface area (Å²) in [7, 11) is 0. The van der Waals surface area contributed by atoms with Crippen molar-refractivity contribution in [1.82, 2.24) is 4.90 Å². The van der Waals surface area contributed by atoms with Gasteiger partial charge in [0.1, 0.15) is 5.69 Å². The summed E-state index contributed by atoms with van der Waals surface area (Å²) in [6.07, 6.45) is 3.34. The third-order valence-electron chi connectivity index (χ3n) is 5.37. The Balaban J connectivity index is 2.25. The Labute approximate surface area is 156 Å². The molecule has 1 heterocycles. The number of hydrogen-bond acceptors (Lipinski definition) is 7. The van der Waals surface area contributed by atoms with Gasteiger partial charge in [0.2, 0.25) is 5.91 Å². The molecule has 0 bridgehead atoms. The standard InChI is InChI=1S/C17H23N5O5/c1-12(23)20-9-5-8-17(20,4)16(2,3)11-18-19-14-7-6-13(21(24)25)10-15(14)22(26)27/h6-7,10-11,19H,5,8-9H2,1-4H3/b18-11+. The summed E-state index contributed by atoms with van der Waals surface area (Å²) in [6.45, 7) is 8.12. The number of carbonyl (C=O) groups excluding carboxylic acids is 1. The Bertz CT molecular complexity index is 807. The smallest absolute Gasteiger partial charge is 0.301 e. The largest absolute Gasteiger partial charge is 0.337 e. The van der Waals surface area contributed by atoms with E-state index < -0.39 is 26.5 Å². The van der Waals surface area contributed by atoms with E-state index in [2.05, 4.69) is 10.5 Å². The zero-order valence-corrected chi connectivity index (χ0v) is 15.8. The Kier molecular flexibility index (Phi) is 5.48. The second kappa shape index (κ2) is 7.29. The highest BCUT2D eigenvalue weighted by molar-refractivity contribution is 5.77. The van der Waals surface area contributed by atoms with E-state index in [1.165, 1.54) is 19.1 Å². The highest BCUT2D eigenvalue weighted by atomic mass is 16.6. The third-order valence-corrected chi connectivity index (χ3v) is 5.37. The van der Waals surface area contributed by atoms with E-state index in [-0.39, 0.29) is 17.3 Å². The first kappa shape index (κ1) is 20.3. The van der Waals surface area contributed by atoms with E-state index in [0.717, 1.165) is 18.9 Å². The number of carbonyl (C=O) groups is 1. The lowest BCUT2D eigenvalue weighted by molar-refractivity contribution is -0.393. The Morgan fingerprint density at radius 1 is 1.33 bits per heavy atom. The topological polar surface area (TPSA) is 131 Å². The van der Waals surface area contributed by atoms with Gasteiger partial charge in [-0.1, -0.05) is 13.8 Å². The van der Waals surface area contributed by atoms with Crippen LogP contribution >= 0.6 is 0 Å². The number of hydrazone groups is 1. The number of nitro benzene ring substituents is 2. The van der Waals surface area contributed by atoms with Gasteiger partial charge in [-0.3, -0.25) is 30.4 Å². The van der Waals surface area contributed by atoms with E-state index in [1.54, 1.807) is 6.21 Å². The predicted octanol–water partition coefficient (Wildman–Crippen LogP) is 3.33. The van der Waals surface area contributed by atoms with Crippen LogP contribution in [-0.4, -0.2) is 39.0 Å². The fourth-order valence-electron chi connectivity index (χ4n) is 3.42. The van der Waals surface area contributed by atoms with Gasteiger partial charge in [-0.15, -0.1) is 0 Å². The number of nitrogens with one attached hydrogen (secondary N) is 1. The summed E-state index contributed by atoms with van der Waals surface area (Å²) >= 11 is 0. The second-order valence-corrected chi connectivity index (χ2v) is 7.36. The molecule has 1 atom stereocenters. The average Bonchev–Trinajstić information content (AvgIpc) is 2.98. The van der Waals surface area contributed by atoms with Crippen LogP contribution in [0.2, 0.25) is 0 Å². The van der Waals surface area contributed by atoms with Gasteiger partial charge in [0.15, 0.2) is 0 Å². The minimum atomic E-state index is -0.703. The maximum atomic E-state index is 11.9. The molecule has 27 heavy (non-hydrogen) atoms. The van der Waals surface area contributed by atoms with Gasteiger partial charge in [0.05, 0.1) is 21.5 Å². The molecular weight excluding hydrogens is 354 g/mol. The molecule has 146 valence electrons. The van der Waals surface area contributed by atoms with Crippen molar-refractivity contribution in [3.63, 3.8) is 0 Å². The van der Waals surface area contributed by atoms with Gasteiger partial charge < -0.3 is 4.90 Å². The van der Waals surface area contributed by atoms with E-state index in [1.807, 2.05) is 25.7 Å². The fourth-order valence-corrected chi connectivity index (χ4v) is 3.42. The van der Waals surface area contributed by atoms with Crippen molar-refractivity contribution in [1.29, 1.82) is 0 Å². The van der Waals surface area contributed by atoms with Gasteiger partial charge in [0, 0.05) is 31.2 Å². The van der Waals surface area contributed by atoms with Crippen LogP contribution in [0, 0.1) is 25.6 Å². The van der Waals surface area contributed by atoms with Crippen LogP contribution < -0.4 is 5.43 Å². The van der Waals surface area contributed by atoms with E-state index in [0.29, 0.717) is 6.54 Å². The van der Waals surface area contributed by atoms with Gasteiger partial charge in [-0.05, 0) is 25.8 Å². The molecule has 1 aromatic carbocycles. The summed E-state index contributed by atoms with van der Waals surface area (Å²) in [5.41, 5.74) is 0.927. The first-order chi connectivity index (χ1) is 12.5. The summed E-state index contributed by atoms with van der Waals surface area (Å²) in [6, 6.07) is 3.31. The maximum absolute atomic E-state index is 11.9. The number of benzene rings is 1. The predicted molar refractivity (Wildman–Crippen MR) is 101 cm³/mol. The number of likely N-dealkylation sites (tertiary alicyclic amines) is 1. The SMILES string of the molecule is CC(=O)N1CCCC1(C)C(C)(C)/C=N/Nc1ccc([N+](=O)[O-])cc1[N+](=O)[O-]. The zero-order valence-electron chi connectivity index (χ0n) is 15.8. The monoisotopic (exact) mass is 377 g/mol. The number of rotatable bonds is 6.